The number of carbonyl (C=O) groups excluding carboxylic acids is 1. The molecule has 0 saturated heterocycles. The van der Waals surface area contributed by atoms with Crippen LogP contribution >= 0.6 is 45.5 Å². The van der Waals surface area contributed by atoms with Gasteiger partial charge in [0, 0.05) is 10.6 Å². The molecule has 0 unspecified atom stereocenters. The van der Waals surface area contributed by atoms with E-state index in [0.29, 0.717) is 49.7 Å². The van der Waals surface area contributed by atoms with Gasteiger partial charge in [0.05, 0.1) is 39.1 Å². The van der Waals surface area contributed by atoms with Crippen LogP contribution in [0.1, 0.15) is 60.5 Å². The lowest BCUT2D eigenvalue weighted by Gasteiger charge is -2.26. The maximum atomic E-state index is 14.4. The van der Waals surface area contributed by atoms with Crippen molar-refractivity contribution in [3.8, 4) is 11.5 Å². The molecule has 10 heteroatoms. The number of carbonyl (C=O) groups is 1. The van der Waals surface area contributed by atoms with Crippen molar-refractivity contribution in [2.24, 2.45) is 4.99 Å². The number of benzene rings is 4. The van der Waals surface area contributed by atoms with E-state index in [1.165, 1.54) is 11.3 Å². The van der Waals surface area contributed by atoms with Crippen LogP contribution in [0.5, 0.6) is 11.5 Å². The summed E-state index contributed by atoms with van der Waals surface area (Å²) >= 11 is 9.64. The first-order valence-electron chi connectivity index (χ1n) is 15.8. The van der Waals surface area contributed by atoms with E-state index in [-0.39, 0.29) is 12.2 Å². The van der Waals surface area contributed by atoms with Crippen molar-refractivity contribution in [3.05, 3.63) is 153 Å². The molecule has 5 aromatic rings. The molecule has 0 spiro atoms. The summed E-state index contributed by atoms with van der Waals surface area (Å²) in [6.07, 6.45) is 1.82. The number of methoxy groups -OCH3 is 1. The molecule has 0 bridgehead atoms. The molecule has 1 aliphatic rings. The van der Waals surface area contributed by atoms with Crippen LogP contribution in [0.3, 0.4) is 0 Å². The molecule has 0 fully saturated rings. The Morgan fingerprint density at radius 3 is 2.47 bits per heavy atom. The summed E-state index contributed by atoms with van der Waals surface area (Å²) in [4.78, 5) is 33.6. The van der Waals surface area contributed by atoms with Gasteiger partial charge in [-0.2, -0.15) is 0 Å². The maximum absolute atomic E-state index is 14.4. The first-order chi connectivity index (χ1) is 23.7. The standard InChI is InChI=1S/C39H34ClIN2O5S/c1-5-47-38(45)33-34(27-11-7-6-8-12-27)42-39-43(35(33)28-16-14-26(15-17-28)23(2)3)37(44)32(49-39)21-25-19-30(41)36(31(20-25)46-4)48-22-24-10-9-13-29(40)18-24/h6-21,23,35H,5,22H2,1-4H3/b32-21-/t35-/m0/s1. The SMILES string of the molecule is CCOC(=O)C1=C(c2ccccc2)N=c2s/c(=C\c3cc(I)c(OCc4cccc(Cl)c4)c(OC)c3)c(=O)n2[C@H]1c1ccc(C(C)C)cc1. The van der Waals surface area contributed by atoms with E-state index in [2.05, 4.69) is 36.4 Å². The second-order valence-corrected chi connectivity index (χ2v) is 14.3. The number of ether oxygens (including phenoxy) is 3. The quantitative estimate of drug-likeness (QED) is 0.106. The zero-order valence-corrected chi connectivity index (χ0v) is 31.1. The van der Waals surface area contributed by atoms with Crippen LogP contribution in [0.2, 0.25) is 5.02 Å². The molecule has 0 radical (unpaired) electrons. The van der Waals surface area contributed by atoms with Gasteiger partial charge in [0.2, 0.25) is 0 Å². The van der Waals surface area contributed by atoms with Crippen LogP contribution in [0.4, 0.5) is 0 Å². The minimum absolute atomic E-state index is 0.188. The highest BCUT2D eigenvalue weighted by Gasteiger charge is 2.35. The summed E-state index contributed by atoms with van der Waals surface area (Å²) in [6, 6.07) is 28.2. The number of thiazole rings is 1. The van der Waals surface area contributed by atoms with E-state index in [9.17, 15) is 9.59 Å². The highest BCUT2D eigenvalue weighted by molar-refractivity contribution is 14.1. The van der Waals surface area contributed by atoms with Gasteiger partial charge in [-0.25, -0.2) is 9.79 Å². The fourth-order valence-electron chi connectivity index (χ4n) is 5.72. The lowest BCUT2D eigenvalue weighted by molar-refractivity contribution is -0.138. The monoisotopic (exact) mass is 804 g/mol. The molecule has 1 aliphatic heterocycles. The Balaban J connectivity index is 1.49. The van der Waals surface area contributed by atoms with Gasteiger partial charge in [-0.15, -0.1) is 0 Å². The zero-order chi connectivity index (χ0) is 34.7. The smallest absolute Gasteiger partial charge is 0.338 e. The molecule has 1 atom stereocenters. The molecule has 0 amide bonds. The van der Waals surface area contributed by atoms with Crippen molar-refractivity contribution in [1.82, 2.24) is 4.57 Å². The average Bonchev–Trinajstić information content (AvgIpc) is 3.41. The van der Waals surface area contributed by atoms with Crippen LogP contribution in [-0.4, -0.2) is 24.3 Å². The number of fused-ring (bicyclic) bond motifs is 1. The molecule has 250 valence electrons. The van der Waals surface area contributed by atoms with E-state index in [0.717, 1.165) is 31.4 Å². The van der Waals surface area contributed by atoms with Crippen molar-refractivity contribution >= 4 is 63.3 Å². The van der Waals surface area contributed by atoms with Gasteiger partial charge in [-0.05, 0) is 88.0 Å². The second-order valence-electron chi connectivity index (χ2n) is 11.7. The summed E-state index contributed by atoms with van der Waals surface area (Å²) in [6.45, 7) is 6.53. The molecular formula is C39H34ClIN2O5S. The number of halogens is 2. The van der Waals surface area contributed by atoms with Gasteiger partial charge in [0.15, 0.2) is 16.3 Å². The lowest BCUT2D eigenvalue weighted by atomic mass is 9.91. The minimum Gasteiger partial charge on any atom is -0.493 e. The van der Waals surface area contributed by atoms with Crippen LogP contribution in [0, 0.1) is 3.57 Å². The van der Waals surface area contributed by atoms with Crippen molar-refractivity contribution in [2.45, 2.75) is 39.3 Å². The Hall–Kier alpha value is -4.19. The van der Waals surface area contributed by atoms with E-state index in [4.69, 9.17) is 30.8 Å². The average molecular weight is 805 g/mol. The number of esters is 1. The van der Waals surface area contributed by atoms with Gasteiger partial charge < -0.3 is 14.2 Å². The highest BCUT2D eigenvalue weighted by Crippen LogP contribution is 2.37. The highest BCUT2D eigenvalue weighted by atomic mass is 127. The van der Waals surface area contributed by atoms with Crippen LogP contribution < -0.4 is 24.4 Å². The van der Waals surface area contributed by atoms with E-state index < -0.39 is 12.0 Å². The Morgan fingerprint density at radius 1 is 1.04 bits per heavy atom. The Kier molecular flexibility index (Phi) is 10.7. The Bertz CT molecular complexity index is 2230. The first kappa shape index (κ1) is 34.7. The summed E-state index contributed by atoms with van der Waals surface area (Å²) < 4.78 is 20.4. The van der Waals surface area contributed by atoms with Gasteiger partial charge >= 0.3 is 5.97 Å². The Morgan fingerprint density at radius 2 is 1.80 bits per heavy atom. The summed E-state index contributed by atoms with van der Waals surface area (Å²) in [5.74, 6) is 0.944. The molecule has 0 aliphatic carbocycles. The van der Waals surface area contributed by atoms with E-state index in [1.807, 2.05) is 97.1 Å². The minimum atomic E-state index is -0.745. The fraction of sp³-hybridized carbons (Fsp3) is 0.205. The molecule has 7 nitrogen and oxygen atoms in total. The van der Waals surface area contributed by atoms with Crippen molar-refractivity contribution in [2.75, 3.05) is 13.7 Å². The number of hydrogen-bond acceptors (Lipinski definition) is 7. The lowest BCUT2D eigenvalue weighted by Crippen LogP contribution is -2.40. The summed E-state index contributed by atoms with van der Waals surface area (Å²) in [7, 11) is 1.59. The number of nitrogens with zero attached hydrogens (tertiary/aromatic N) is 2. The molecule has 2 heterocycles. The van der Waals surface area contributed by atoms with Gasteiger partial charge in [-0.3, -0.25) is 9.36 Å². The number of hydrogen-bond donors (Lipinski definition) is 0. The van der Waals surface area contributed by atoms with E-state index in [1.54, 1.807) is 18.6 Å². The molecule has 49 heavy (non-hydrogen) atoms. The molecule has 0 N–H and O–H groups in total. The van der Waals surface area contributed by atoms with Crippen LogP contribution in [0.25, 0.3) is 11.8 Å². The molecule has 0 saturated carbocycles. The largest absolute Gasteiger partial charge is 0.493 e. The van der Waals surface area contributed by atoms with Gasteiger partial charge in [0.25, 0.3) is 5.56 Å². The van der Waals surface area contributed by atoms with Gasteiger partial charge in [-0.1, -0.05) is 104 Å². The predicted molar refractivity (Wildman–Crippen MR) is 203 cm³/mol. The fourth-order valence-corrected chi connectivity index (χ4v) is 7.71. The van der Waals surface area contributed by atoms with Gasteiger partial charge in [0.1, 0.15) is 6.61 Å². The van der Waals surface area contributed by atoms with Crippen LogP contribution in [0.15, 0.2) is 106 Å². The van der Waals surface area contributed by atoms with Crippen molar-refractivity contribution in [1.29, 1.82) is 0 Å². The molecular weight excluding hydrogens is 771 g/mol. The van der Waals surface area contributed by atoms with E-state index >= 15 is 0 Å². The number of aromatic nitrogens is 1. The van der Waals surface area contributed by atoms with Crippen molar-refractivity contribution in [3.63, 3.8) is 0 Å². The normalized spacial score (nSPS) is 14.4. The topological polar surface area (TPSA) is 79.1 Å². The first-order valence-corrected chi connectivity index (χ1v) is 18.1. The molecule has 1 aromatic heterocycles. The maximum Gasteiger partial charge on any atom is 0.338 e. The third-order valence-corrected chi connectivity index (χ3v) is 10.1. The third-order valence-electron chi connectivity index (χ3n) is 8.11. The summed E-state index contributed by atoms with van der Waals surface area (Å²) in [5.41, 5.74) is 4.95. The third kappa shape index (κ3) is 7.39. The molecule has 4 aromatic carbocycles. The predicted octanol–water partition coefficient (Wildman–Crippen LogP) is 7.90. The Labute approximate surface area is 307 Å². The zero-order valence-electron chi connectivity index (χ0n) is 27.4. The molecule has 6 rings (SSSR count). The second kappa shape index (κ2) is 15.1. The van der Waals surface area contributed by atoms with Crippen LogP contribution in [-0.2, 0) is 16.1 Å². The van der Waals surface area contributed by atoms with Crippen molar-refractivity contribution < 1.29 is 19.0 Å². The summed E-state index contributed by atoms with van der Waals surface area (Å²) in [5, 5.41) is 0.639. The number of rotatable bonds is 10.